The van der Waals surface area contributed by atoms with Crippen LogP contribution in [-0.2, 0) is 0 Å². The minimum Gasteiger partial charge on any atom is -0.133 e. The Kier molecular flexibility index (Phi) is 2.73. The van der Waals surface area contributed by atoms with Gasteiger partial charge in [0, 0.05) is 11.3 Å². The zero-order valence-electron chi connectivity index (χ0n) is 5.23. The number of halogens is 1. The number of rotatable bonds is 2. The molecule has 1 rings (SSSR count). The lowest BCUT2D eigenvalue weighted by atomic mass is 10.3. The summed E-state index contributed by atoms with van der Waals surface area (Å²) >= 11 is 5.17. The molecule has 0 fully saturated rings. The molecule has 0 N–H and O–H groups in total. The van der Waals surface area contributed by atoms with Crippen molar-refractivity contribution < 1.29 is 0 Å². The average molecular weight is 204 g/mol. The normalized spacial score (nSPS) is 10.0. The summed E-state index contributed by atoms with van der Waals surface area (Å²) in [4.78, 5) is 1.35. The molecule has 0 saturated carbocycles. The van der Waals surface area contributed by atoms with E-state index in [9.17, 15) is 0 Å². The first-order chi connectivity index (χ1) is 4.33. The third-order valence-corrected chi connectivity index (χ3v) is 2.62. The molecule has 1 aromatic heterocycles. The van der Waals surface area contributed by atoms with E-state index < -0.39 is 0 Å². The van der Waals surface area contributed by atoms with Gasteiger partial charge in [-0.05, 0) is 34.5 Å². The van der Waals surface area contributed by atoms with Gasteiger partial charge in [-0.1, -0.05) is 6.92 Å². The minimum absolute atomic E-state index is 1.12. The van der Waals surface area contributed by atoms with Gasteiger partial charge in [0.25, 0.3) is 0 Å². The third kappa shape index (κ3) is 2.11. The van der Waals surface area contributed by atoms with Crippen molar-refractivity contribution in [1.82, 2.24) is 0 Å². The van der Waals surface area contributed by atoms with Crippen LogP contribution in [0.5, 0.6) is 0 Å². The lowest BCUT2D eigenvalue weighted by molar-refractivity contribution is 1.14. The third-order valence-electron chi connectivity index (χ3n) is 0.999. The molecular formula is C7H8BrS. The molecule has 0 spiro atoms. The molecule has 9 heavy (non-hydrogen) atoms. The van der Waals surface area contributed by atoms with Crippen LogP contribution >= 0.6 is 27.3 Å². The van der Waals surface area contributed by atoms with Crippen molar-refractivity contribution in [1.29, 1.82) is 0 Å². The number of thiophene rings is 1. The average Bonchev–Trinajstić information content (AvgIpc) is 2.17. The van der Waals surface area contributed by atoms with Crippen molar-refractivity contribution in [3.05, 3.63) is 27.2 Å². The summed E-state index contributed by atoms with van der Waals surface area (Å²) in [6.07, 6.45) is 3.34. The van der Waals surface area contributed by atoms with Crippen LogP contribution in [0.1, 0.15) is 18.2 Å². The van der Waals surface area contributed by atoms with Crippen molar-refractivity contribution in [2.45, 2.75) is 13.3 Å². The van der Waals surface area contributed by atoms with Gasteiger partial charge in [-0.25, -0.2) is 0 Å². The molecule has 0 saturated heterocycles. The monoisotopic (exact) mass is 203 g/mol. The fourth-order valence-electron chi connectivity index (χ4n) is 0.639. The highest BCUT2D eigenvalue weighted by molar-refractivity contribution is 9.11. The molecule has 0 aliphatic carbocycles. The van der Waals surface area contributed by atoms with Crippen molar-refractivity contribution in [3.63, 3.8) is 0 Å². The maximum atomic E-state index is 3.40. The second kappa shape index (κ2) is 3.37. The Hall–Kier alpha value is 0.180. The highest BCUT2D eigenvalue weighted by Gasteiger charge is 1.93. The quantitative estimate of drug-likeness (QED) is 0.691. The van der Waals surface area contributed by atoms with Crippen LogP contribution in [0.3, 0.4) is 0 Å². The lowest BCUT2D eigenvalue weighted by Gasteiger charge is -1.85. The summed E-state index contributed by atoms with van der Waals surface area (Å²) in [6.45, 7) is 2.15. The fraction of sp³-hybridized carbons (Fsp3) is 0.286. The number of hydrogen-bond donors (Lipinski definition) is 0. The maximum Gasteiger partial charge on any atom is 0.0701 e. The second-order valence-corrected chi connectivity index (χ2v) is 4.25. The SMILES string of the molecule is CC[CH]c1ccc(Br)s1. The van der Waals surface area contributed by atoms with Crippen LogP contribution in [-0.4, -0.2) is 0 Å². The maximum absolute atomic E-state index is 3.40. The van der Waals surface area contributed by atoms with Crippen molar-refractivity contribution in [3.8, 4) is 0 Å². The van der Waals surface area contributed by atoms with Crippen LogP contribution < -0.4 is 0 Å². The van der Waals surface area contributed by atoms with Gasteiger partial charge in [0.1, 0.15) is 0 Å². The first kappa shape index (κ1) is 7.29. The van der Waals surface area contributed by atoms with Crippen molar-refractivity contribution >= 4 is 27.3 Å². The van der Waals surface area contributed by atoms with E-state index in [1.807, 2.05) is 0 Å². The van der Waals surface area contributed by atoms with Gasteiger partial charge < -0.3 is 0 Å². The van der Waals surface area contributed by atoms with Crippen molar-refractivity contribution in [2.75, 3.05) is 0 Å². The molecule has 1 aromatic rings. The second-order valence-electron chi connectivity index (χ2n) is 1.75. The smallest absolute Gasteiger partial charge is 0.0701 e. The molecule has 0 amide bonds. The first-order valence-corrected chi connectivity index (χ1v) is 4.52. The van der Waals surface area contributed by atoms with E-state index in [2.05, 4.69) is 41.4 Å². The molecule has 0 unspecified atom stereocenters. The van der Waals surface area contributed by atoms with Crippen LogP contribution in [0.25, 0.3) is 0 Å². The summed E-state index contributed by atoms with van der Waals surface area (Å²) < 4.78 is 1.21. The fourth-order valence-corrected chi connectivity index (χ4v) is 2.08. The first-order valence-electron chi connectivity index (χ1n) is 2.91. The van der Waals surface area contributed by atoms with Crippen LogP contribution in [0, 0.1) is 6.42 Å². The van der Waals surface area contributed by atoms with E-state index in [-0.39, 0.29) is 0 Å². The lowest BCUT2D eigenvalue weighted by Crippen LogP contribution is -1.67. The van der Waals surface area contributed by atoms with Crippen LogP contribution in [0.2, 0.25) is 0 Å². The van der Waals surface area contributed by atoms with Gasteiger partial charge in [-0.15, -0.1) is 11.3 Å². The molecule has 0 aliphatic rings. The summed E-state index contributed by atoms with van der Waals surface area (Å²) in [5.74, 6) is 0. The van der Waals surface area contributed by atoms with E-state index in [0.29, 0.717) is 0 Å². The Bertz CT molecular complexity index is 181. The Labute approximate surface area is 68.0 Å². The summed E-state index contributed by atoms with van der Waals surface area (Å²) in [5.41, 5.74) is 0. The summed E-state index contributed by atoms with van der Waals surface area (Å²) in [6, 6.07) is 4.20. The summed E-state index contributed by atoms with van der Waals surface area (Å²) in [7, 11) is 0. The topological polar surface area (TPSA) is 0 Å². The van der Waals surface area contributed by atoms with Gasteiger partial charge in [0.2, 0.25) is 0 Å². The summed E-state index contributed by atoms with van der Waals surface area (Å²) in [5, 5.41) is 0. The largest absolute Gasteiger partial charge is 0.133 e. The van der Waals surface area contributed by atoms with Gasteiger partial charge in [-0.2, -0.15) is 0 Å². The Morgan fingerprint density at radius 2 is 2.44 bits per heavy atom. The molecule has 0 aliphatic heterocycles. The van der Waals surface area contributed by atoms with Gasteiger partial charge in [0.05, 0.1) is 3.79 Å². The Morgan fingerprint density at radius 3 is 2.89 bits per heavy atom. The zero-order valence-corrected chi connectivity index (χ0v) is 7.63. The van der Waals surface area contributed by atoms with E-state index in [1.54, 1.807) is 11.3 Å². The van der Waals surface area contributed by atoms with E-state index in [4.69, 9.17) is 0 Å². The molecule has 0 aromatic carbocycles. The van der Waals surface area contributed by atoms with E-state index >= 15 is 0 Å². The Balaban J connectivity index is 2.61. The minimum atomic E-state index is 1.12. The number of hydrogen-bond acceptors (Lipinski definition) is 1. The standard InChI is InChI=1S/C7H8BrS/c1-2-3-6-4-5-7(8)9-6/h3-5H,2H2,1H3. The van der Waals surface area contributed by atoms with E-state index in [0.717, 1.165) is 6.42 Å². The molecule has 1 heterocycles. The van der Waals surface area contributed by atoms with Gasteiger partial charge >= 0.3 is 0 Å². The van der Waals surface area contributed by atoms with Crippen LogP contribution in [0.15, 0.2) is 15.9 Å². The predicted molar refractivity (Wildman–Crippen MR) is 45.7 cm³/mol. The van der Waals surface area contributed by atoms with Gasteiger partial charge in [0.15, 0.2) is 0 Å². The zero-order chi connectivity index (χ0) is 6.69. The predicted octanol–water partition coefficient (Wildman–Crippen LogP) is 3.47. The van der Waals surface area contributed by atoms with Gasteiger partial charge in [-0.3, -0.25) is 0 Å². The Morgan fingerprint density at radius 1 is 1.67 bits per heavy atom. The molecule has 2 heteroatoms. The molecule has 49 valence electrons. The van der Waals surface area contributed by atoms with Crippen molar-refractivity contribution in [2.24, 2.45) is 0 Å². The molecular weight excluding hydrogens is 196 g/mol. The van der Waals surface area contributed by atoms with E-state index in [1.165, 1.54) is 8.66 Å². The molecule has 0 atom stereocenters. The molecule has 1 radical (unpaired) electrons. The molecule has 0 bridgehead atoms. The molecule has 0 nitrogen and oxygen atoms in total. The van der Waals surface area contributed by atoms with Crippen LogP contribution in [0.4, 0.5) is 0 Å². The highest BCUT2D eigenvalue weighted by Crippen LogP contribution is 2.23. The highest BCUT2D eigenvalue weighted by atomic mass is 79.9.